The van der Waals surface area contributed by atoms with Crippen LogP contribution >= 0.6 is 0 Å². The fraction of sp³-hybridized carbons (Fsp3) is 0.0667. The zero-order valence-corrected chi connectivity index (χ0v) is 10.9. The van der Waals surface area contributed by atoms with Gasteiger partial charge in [0.1, 0.15) is 0 Å². The topological polar surface area (TPSA) is 60.7 Å². The predicted octanol–water partition coefficient (Wildman–Crippen LogP) is 2.53. The van der Waals surface area contributed by atoms with Crippen LogP contribution in [0.5, 0.6) is 0 Å². The fourth-order valence-electron chi connectivity index (χ4n) is 1.96. The Kier molecular flexibility index (Phi) is 3.09. The summed E-state index contributed by atoms with van der Waals surface area (Å²) < 4.78 is 1.67. The Labute approximate surface area is 115 Å². The fourth-order valence-corrected chi connectivity index (χ4v) is 1.96. The first-order valence-electron chi connectivity index (χ1n) is 6.21. The van der Waals surface area contributed by atoms with Crippen molar-refractivity contribution in [2.24, 2.45) is 0 Å². The third-order valence-corrected chi connectivity index (χ3v) is 3.02. The van der Waals surface area contributed by atoms with Crippen LogP contribution in [-0.4, -0.2) is 26.0 Å². The Morgan fingerprint density at radius 1 is 1.00 bits per heavy atom. The summed E-state index contributed by atoms with van der Waals surface area (Å²) in [5.41, 5.74) is 2.43. The maximum Gasteiger partial charge on any atom is 0.187 e. The normalized spacial score (nSPS) is 10.4. The van der Waals surface area contributed by atoms with Crippen molar-refractivity contribution in [1.29, 1.82) is 0 Å². The third-order valence-electron chi connectivity index (χ3n) is 3.02. The van der Waals surface area contributed by atoms with Crippen molar-refractivity contribution < 1.29 is 4.79 Å². The van der Waals surface area contributed by atoms with E-state index in [1.165, 1.54) is 0 Å². The number of carbonyl (C=O) groups excluding carboxylic acids is 1. The van der Waals surface area contributed by atoms with Gasteiger partial charge in [0.2, 0.25) is 0 Å². The van der Waals surface area contributed by atoms with Crippen molar-refractivity contribution in [2.45, 2.75) is 6.92 Å². The first-order chi connectivity index (χ1) is 9.75. The monoisotopic (exact) mass is 264 g/mol. The lowest BCUT2D eigenvalue weighted by molar-refractivity contribution is 0.101. The molecule has 0 radical (unpaired) electrons. The van der Waals surface area contributed by atoms with Gasteiger partial charge in [-0.15, -0.1) is 5.10 Å². The Bertz CT molecular complexity index is 732. The molecule has 0 atom stereocenters. The number of para-hydroxylation sites is 1. The van der Waals surface area contributed by atoms with Gasteiger partial charge in [-0.05, 0) is 29.5 Å². The molecule has 5 nitrogen and oxygen atoms in total. The van der Waals surface area contributed by atoms with Crippen LogP contribution in [0, 0.1) is 0 Å². The summed E-state index contributed by atoms with van der Waals surface area (Å²) in [6.45, 7) is 1.54. The highest BCUT2D eigenvalue weighted by molar-refractivity contribution is 5.94. The molecule has 5 heteroatoms. The van der Waals surface area contributed by atoms with Crippen LogP contribution in [0.15, 0.2) is 54.6 Å². The number of hydrogen-bond donors (Lipinski definition) is 0. The van der Waals surface area contributed by atoms with Crippen molar-refractivity contribution in [1.82, 2.24) is 20.2 Å². The molecule has 0 aliphatic carbocycles. The molecule has 0 saturated carbocycles. The lowest BCUT2D eigenvalue weighted by Crippen LogP contribution is -1.99. The highest BCUT2D eigenvalue weighted by atomic mass is 16.1. The molecule has 0 saturated heterocycles. The summed E-state index contributed by atoms with van der Waals surface area (Å²) in [7, 11) is 0. The molecule has 1 aromatic heterocycles. The van der Waals surface area contributed by atoms with E-state index in [0.29, 0.717) is 11.4 Å². The van der Waals surface area contributed by atoms with E-state index in [1.54, 1.807) is 23.7 Å². The Hall–Kier alpha value is -2.82. The smallest absolute Gasteiger partial charge is 0.187 e. The molecule has 0 N–H and O–H groups in total. The van der Waals surface area contributed by atoms with Gasteiger partial charge in [-0.25, -0.2) is 0 Å². The van der Waals surface area contributed by atoms with Gasteiger partial charge in [-0.2, -0.15) is 4.68 Å². The molecule has 3 aromatic rings. The quantitative estimate of drug-likeness (QED) is 0.682. The molecule has 0 aliphatic rings. The van der Waals surface area contributed by atoms with Gasteiger partial charge in [0.25, 0.3) is 0 Å². The zero-order chi connectivity index (χ0) is 13.9. The SMILES string of the molecule is CC(=O)c1ccc(-c2nnnn2-c2ccccc2)cc1. The summed E-state index contributed by atoms with van der Waals surface area (Å²) >= 11 is 0. The van der Waals surface area contributed by atoms with Crippen molar-refractivity contribution >= 4 is 5.78 Å². The Morgan fingerprint density at radius 3 is 2.35 bits per heavy atom. The van der Waals surface area contributed by atoms with Gasteiger partial charge in [-0.3, -0.25) is 4.79 Å². The van der Waals surface area contributed by atoms with Crippen LogP contribution in [0.3, 0.4) is 0 Å². The highest BCUT2D eigenvalue weighted by Crippen LogP contribution is 2.19. The van der Waals surface area contributed by atoms with Crippen molar-refractivity contribution in [3.63, 3.8) is 0 Å². The highest BCUT2D eigenvalue weighted by Gasteiger charge is 2.10. The van der Waals surface area contributed by atoms with Gasteiger partial charge in [0.15, 0.2) is 11.6 Å². The van der Waals surface area contributed by atoms with Crippen molar-refractivity contribution in [3.8, 4) is 17.1 Å². The number of tetrazole rings is 1. The number of ketones is 1. The first kappa shape index (κ1) is 12.2. The number of Topliss-reactive ketones (excluding diaryl/α,β-unsaturated/α-hetero) is 1. The van der Waals surface area contributed by atoms with E-state index in [0.717, 1.165) is 11.3 Å². The van der Waals surface area contributed by atoms with E-state index in [2.05, 4.69) is 15.5 Å². The number of benzene rings is 2. The van der Waals surface area contributed by atoms with Crippen LogP contribution in [0.2, 0.25) is 0 Å². The summed E-state index contributed by atoms with van der Waals surface area (Å²) in [4.78, 5) is 11.3. The van der Waals surface area contributed by atoms with Gasteiger partial charge >= 0.3 is 0 Å². The van der Waals surface area contributed by atoms with E-state index >= 15 is 0 Å². The van der Waals surface area contributed by atoms with E-state index in [1.807, 2.05) is 42.5 Å². The van der Waals surface area contributed by atoms with Crippen molar-refractivity contribution in [2.75, 3.05) is 0 Å². The lowest BCUT2D eigenvalue weighted by Gasteiger charge is -2.04. The second-order valence-corrected chi connectivity index (χ2v) is 4.38. The summed E-state index contributed by atoms with van der Waals surface area (Å²) in [5.74, 6) is 0.686. The molecule has 2 aromatic carbocycles. The first-order valence-corrected chi connectivity index (χ1v) is 6.21. The van der Waals surface area contributed by atoms with Crippen LogP contribution in [0.1, 0.15) is 17.3 Å². The number of carbonyl (C=O) groups is 1. The Morgan fingerprint density at radius 2 is 1.70 bits per heavy atom. The molecular weight excluding hydrogens is 252 g/mol. The summed E-state index contributed by atoms with van der Waals surface area (Å²) in [5, 5.41) is 11.8. The van der Waals surface area contributed by atoms with E-state index in [4.69, 9.17) is 0 Å². The number of hydrogen-bond acceptors (Lipinski definition) is 4. The maximum atomic E-state index is 11.3. The minimum absolute atomic E-state index is 0.0409. The molecule has 0 amide bonds. The molecule has 0 bridgehead atoms. The van der Waals surface area contributed by atoms with Gasteiger partial charge < -0.3 is 0 Å². The number of nitrogens with zero attached hydrogens (tertiary/aromatic N) is 4. The molecule has 98 valence electrons. The van der Waals surface area contributed by atoms with Gasteiger partial charge in [0.05, 0.1) is 5.69 Å². The molecule has 1 heterocycles. The van der Waals surface area contributed by atoms with E-state index in [9.17, 15) is 4.79 Å². The van der Waals surface area contributed by atoms with Gasteiger partial charge in [0, 0.05) is 11.1 Å². The zero-order valence-electron chi connectivity index (χ0n) is 10.9. The average molecular weight is 264 g/mol. The molecule has 0 aliphatic heterocycles. The average Bonchev–Trinajstić information content (AvgIpc) is 2.97. The molecule has 0 fully saturated rings. The predicted molar refractivity (Wildman–Crippen MR) is 74.6 cm³/mol. The van der Waals surface area contributed by atoms with Crippen LogP contribution in [-0.2, 0) is 0 Å². The molecular formula is C15H12N4O. The minimum atomic E-state index is 0.0409. The molecule has 3 rings (SSSR count). The summed E-state index contributed by atoms with van der Waals surface area (Å²) in [6, 6.07) is 16.9. The van der Waals surface area contributed by atoms with Crippen LogP contribution < -0.4 is 0 Å². The maximum absolute atomic E-state index is 11.3. The Balaban J connectivity index is 2.04. The second kappa shape index (κ2) is 5.05. The number of rotatable bonds is 3. The minimum Gasteiger partial charge on any atom is -0.295 e. The number of aromatic nitrogens is 4. The summed E-state index contributed by atoms with van der Waals surface area (Å²) in [6.07, 6.45) is 0. The van der Waals surface area contributed by atoms with Crippen molar-refractivity contribution in [3.05, 3.63) is 60.2 Å². The van der Waals surface area contributed by atoms with Crippen LogP contribution in [0.25, 0.3) is 17.1 Å². The van der Waals surface area contributed by atoms with Crippen LogP contribution in [0.4, 0.5) is 0 Å². The van der Waals surface area contributed by atoms with E-state index < -0.39 is 0 Å². The standard InChI is InChI=1S/C15H12N4O/c1-11(20)12-7-9-13(10-8-12)15-16-17-18-19(15)14-5-3-2-4-6-14/h2-10H,1H3. The third kappa shape index (κ3) is 2.21. The van der Waals surface area contributed by atoms with Gasteiger partial charge in [-0.1, -0.05) is 42.5 Å². The largest absolute Gasteiger partial charge is 0.295 e. The molecule has 0 unspecified atom stereocenters. The molecule has 20 heavy (non-hydrogen) atoms. The lowest BCUT2D eigenvalue weighted by atomic mass is 10.1. The van der Waals surface area contributed by atoms with E-state index in [-0.39, 0.29) is 5.78 Å². The molecule has 0 spiro atoms. The second-order valence-electron chi connectivity index (χ2n) is 4.38.